The van der Waals surface area contributed by atoms with Crippen molar-refractivity contribution >= 4 is 0 Å². The number of hydrogen-bond acceptors (Lipinski definition) is 2. The van der Waals surface area contributed by atoms with Crippen LogP contribution in [-0.4, -0.2) is 24.8 Å². The van der Waals surface area contributed by atoms with Gasteiger partial charge in [-0.25, -0.2) is 0 Å². The summed E-state index contributed by atoms with van der Waals surface area (Å²) in [4.78, 5) is 0. The second-order valence-electron chi connectivity index (χ2n) is 6.59. The topological polar surface area (TPSA) is 21.3 Å². The average molecular weight is 225 g/mol. The van der Waals surface area contributed by atoms with E-state index in [0.717, 1.165) is 18.4 Å². The third kappa shape index (κ3) is 1.70. The van der Waals surface area contributed by atoms with Crippen LogP contribution in [0.25, 0.3) is 0 Å². The highest BCUT2D eigenvalue weighted by atomic mass is 16.5. The lowest BCUT2D eigenvalue weighted by molar-refractivity contribution is -0.182. The molecular formula is C14H27NO. The first-order chi connectivity index (χ1) is 7.40. The molecule has 2 heteroatoms. The van der Waals surface area contributed by atoms with Crippen molar-refractivity contribution in [1.29, 1.82) is 0 Å². The van der Waals surface area contributed by atoms with Crippen molar-refractivity contribution in [1.82, 2.24) is 5.32 Å². The first-order valence-corrected chi connectivity index (χ1v) is 6.72. The number of rotatable bonds is 3. The fraction of sp³-hybridized carbons (Fsp3) is 1.00. The first-order valence-electron chi connectivity index (χ1n) is 6.72. The number of methoxy groups -OCH3 is 1. The summed E-state index contributed by atoms with van der Waals surface area (Å²) in [5.74, 6) is 0.852. The fourth-order valence-corrected chi connectivity index (χ4v) is 3.41. The van der Waals surface area contributed by atoms with Gasteiger partial charge in [-0.05, 0) is 32.1 Å². The summed E-state index contributed by atoms with van der Waals surface area (Å²) in [6, 6.07) is 1.37. The Kier molecular flexibility index (Phi) is 3.09. The molecule has 0 spiro atoms. The van der Waals surface area contributed by atoms with Gasteiger partial charge in [0.15, 0.2) is 0 Å². The Bertz CT molecular complexity index is 263. The van der Waals surface area contributed by atoms with Crippen molar-refractivity contribution in [3.05, 3.63) is 0 Å². The molecule has 4 unspecified atom stereocenters. The third-order valence-electron chi connectivity index (χ3n) is 5.56. The van der Waals surface area contributed by atoms with Gasteiger partial charge in [-0.15, -0.1) is 0 Å². The van der Waals surface area contributed by atoms with Crippen LogP contribution in [0.5, 0.6) is 0 Å². The Morgan fingerprint density at radius 1 is 1.19 bits per heavy atom. The summed E-state index contributed by atoms with van der Waals surface area (Å²) in [5.41, 5.74) is 0.316. The van der Waals surface area contributed by atoms with Crippen LogP contribution in [0, 0.1) is 11.3 Å². The Labute approximate surface area is 100 Å². The molecule has 2 saturated carbocycles. The lowest BCUT2D eigenvalue weighted by atomic mass is 9.55. The Hall–Kier alpha value is -0.0800. The number of hydrogen-bond donors (Lipinski definition) is 1. The zero-order valence-corrected chi connectivity index (χ0v) is 11.5. The van der Waals surface area contributed by atoms with E-state index in [0.29, 0.717) is 6.04 Å². The molecule has 0 bridgehead atoms. The molecule has 94 valence electrons. The minimum atomic E-state index is 0.0620. The van der Waals surface area contributed by atoms with Crippen LogP contribution in [0.2, 0.25) is 0 Å². The molecule has 16 heavy (non-hydrogen) atoms. The highest BCUT2D eigenvalue weighted by molar-refractivity contribution is 5.12. The first kappa shape index (κ1) is 12.4. The van der Waals surface area contributed by atoms with Gasteiger partial charge >= 0.3 is 0 Å². The van der Waals surface area contributed by atoms with Gasteiger partial charge in [0.1, 0.15) is 0 Å². The molecule has 0 aromatic heterocycles. The van der Waals surface area contributed by atoms with Gasteiger partial charge in [0.2, 0.25) is 0 Å². The van der Waals surface area contributed by atoms with E-state index < -0.39 is 0 Å². The van der Waals surface area contributed by atoms with Crippen molar-refractivity contribution in [2.45, 2.75) is 71.1 Å². The maximum atomic E-state index is 5.67. The standard InChI is InChI=1S/C14H27NO/c1-10-7-6-8-11(10)15-12-9-14(4,16-5)13(12,2)3/h10-12,15H,6-9H2,1-5H3. The van der Waals surface area contributed by atoms with E-state index in [2.05, 4.69) is 33.0 Å². The van der Waals surface area contributed by atoms with Crippen molar-refractivity contribution < 1.29 is 4.74 Å². The second kappa shape index (κ2) is 3.99. The smallest absolute Gasteiger partial charge is 0.0731 e. The van der Waals surface area contributed by atoms with E-state index in [-0.39, 0.29) is 11.0 Å². The molecule has 0 saturated heterocycles. The summed E-state index contributed by atoms with van der Waals surface area (Å²) in [6.07, 6.45) is 5.30. The molecule has 2 rings (SSSR count). The predicted octanol–water partition coefficient (Wildman–Crippen LogP) is 2.97. The molecule has 4 atom stereocenters. The molecule has 2 aliphatic carbocycles. The van der Waals surface area contributed by atoms with Crippen LogP contribution in [0.4, 0.5) is 0 Å². The summed E-state index contributed by atoms with van der Waals surface area (Å²) in [7, 11) is 1.84. The quantitative estimate of drug-likeness (QED) is 0.797. The Morgan fingerprint density at radius 2 is 1.88 bits per heavy atom. The van der Waals surface area contributed by atoms with Crippen LogP contribution in [0.3, 0.4) is 0 Å². The van der Waals surface area contributed by atoms with Crippen LogP contribution in [-0.2, 0) is 4.74 Å². The molecule has 0 radical (unpaired) electrons. The molecule has 2 aliphatic rings. The Morgan fingerprint density at radius 3 is 2.31 bits per heavy atom. The summed E-state index contributed by atoms with van der Waals surface area (Å²) < 4.78 is 5.67. The molecule has 0 aromatic carbocycles. The van der Waals surface area contributed by atoms with Crippen LogP contribution >= 0.6 is 0 Å². The van der Waals surface area contributed by atoms with Crippen molar-refractivity contribution in [2.24, 2.45) is 11.3 Å². The van der Waals surface area contributed by atoms with Gasteiger partial charge in [-0.1, -0.05) is 27.2 Å². The van der Waals surface area contributed by atoms with Crippen LogP contribution < -0.4 is 5.32 Å². The second-order valence-corrected chi connectivity index (χ2v) is 6.59. The van der Waals surface area contributed by atoms with E-state index in [1.54, 1.807) is 0 Å². The normalized spacial score (nSPS) is 46.7. The van der Waals surface area contributed by atoms with Gasteiger partial charge in [-0.3, -0.25) is 0 Å². The zero-order valence-electron chi connectivity index (χ0n) is 11.5. The maximum Gasteiger partial charge on any atom is 0.0731 e. The highest BCUT2D eigenvalue weighted by Gasteiger charge is 2.58. The third-order valence-corrected chi connectivity index (χ3v) is 5.56. The molecule has 0 aromatic rings. The minimum absolute atomic E-state index is 0.0620. The van der Waals surface area contributed by atoms with Crippen molar-refractivity contribution in [2.75, 3.05) is 7.11 Å². The van der Waals surface area contributed by atoms with Crippen LogP contribution in [0.15, 0.2) is 0 Å². The fourth-order valence-electron chi connectivity index (χ4n) is 3.41. The van der Waals surface area contributed by atoms with Gasteiger partial charge in [-0.2, -0.15) is 0 Å². The molecule has 1 N–H and O–H groups in total. The van der Waals surface area contributed by atoms with Gasteiger partial charge in [0, 0.05) is 24.6 Å². The predicted molar refractivity (Wildman–Crippen MR) is 67.5 cm³/mol. The van der Waals surface area contributed by atoms with E-state index in [1.807, 2.05) is 7.11 Å². The molecule has 2 nitrogen and oxygen atoms in total. The maximum absolute atomic E-state index is 5.67. The number of ether oxygens (including phenoxy) is 1. The van der Waals surface area contributed by atoms with E-state index in [9.17, 15) is 0 Å². The highest BCUT2D eigenvalue weighted by Crippen LogP contribution is 2.52. The van der Waals surface area contributed by atoms with Gasteiger partial charge < -0.3 is 10.1 Å². The summed E-state index contributed by atoms with van der Waals surface area (Å²) in [5, 5.41) is 3.86. The van der Waals surface area contributed by atoms with Crippen LogP contribution in [0.1, 0.15) is 53.4 Å². The Balaban J connectivity index is 1.94. The van der Waals surface area contributed by atoms with Gasteiger partial charge in [0.25, 0.3) is 0 Å². The summed E-state index contributed by atoms with van der Waals surface area (Å²) >= 11 is 0. The largest absolute Gasteiger partial charge is 0.378 e. The lowest BCUT2D eigenvalue weighted by Crippen LogP contribution is -2.69. The monoisotopic (exact) mass is 225 g/mol. The molecular weight excluding hydrogens is 198 g/mol. The number of nitrogens with one attached hydrogen (secondary N) is 1. The lowest BCUT2D eigenvalue weighted by Gasteiger charge is -2.60. The molecule has 0 heterocycles. The van der Waals surface area contributed by atoms with E-state index in [4.69, 9.17) is 4.74 Å². The summed E-state index contributed by atoms with van der Waals surface area (Å²) in [6.45, 7) is 9.28. The molecule has 2 fully saturated rings. The average Bonchev–Trinajstić information content (AvgIpc) is 2.63. The van der Waals surface area contributed by atoms with Gasteiger partial charge in [0.05, 0.1) is 5.60 Å². The van der Waals surface area contributed by atoms with E-state index in [1.165, 1.54) is 19.3 Å². The zero-order chi connectivity index (χ0) is 12.0. The van der Waals surface area contributed by atoms with E-state index >= 15 is 0 Å². The van der Waals surface area contributed by atoms with Crippen molar-refractivity contribution in [3.63, 3.8) is 0 Å². The van der Waals surface area contributed by atoms with Crippen molar-refractivity contribution in [3.8, 4) is 0 Å². The SMILES string of the molecule is COC1(C)CC(NC2CCCC2C)C1(C)C. The molecule has 0 amide bonds. The minimum Gasteiger partial charge on any atom is -0.378 e. The molecule has 0 aliphatic heterocycles.